The third-order valence-electron chi connectivity index (χ3n) is 3.79. The molecular weight excluding hydrogens is 348 g/mol. The van der Waals surface area contributed by atoms with Gasteiger partial charge in [-0.2, -0.15) is 0 Å². The van der Waals surface area contributed by atoms with E-state index >= 15 is 0 Å². The first kappa shape index (κ1) is 17.9. The van der Waals surface area contributed by atoms with Gasteiger partial charge >= 0.3 is 0 Å². The minimum absolute atomic E-state index is 0.0808. The molecule has 1 heterocycles. The van der Waals surface area contributed by atoms with Crippen LogP contribution in [0.3, 0.4) is 0 Å². The molecule has 0 unspecified atom stereocenters. The lowest BCUT2D eigenvalue weighted by molar-refractivity contribution is -0.255. The molecule has 3 aromatic rings. The molecule has 0 radical (unpaired) electrons. The van der Waals surface area contributed by atoms with Crippen molar-refractivity contribution in [2.24, 2.45) is 0 Å². The third kappa shape index (κ3) is 4.60. The van der Waals surface area contributed by atoms with E-state index in [9.17, 15) is 19.5 Å². The largest absolute Gasteiger partial charge is 0.545 e. The minimum Gasteiger partial charge on any atom is -0.545 e. The van der Waals surface area contributed by atoms with Crippen molar-refractivity contribution in [3.05, 3.63) is 89.4 Å². The van der Waals surface area contributed by atoms with Gasteiger partial charge in [0.1, 0.15) is 0 Å². The van der Waals surface area contributed by atoms with Gasteiger partial charge in [0.2, 0.25) is 0 Å². The van der Waals surface area contributed by atoms with Crippen LogP contribution < -0.4 is 15.7 Å². The normalized spacial score (nSPS) is 10.2. The number of hydrogen-bond donors (Lipinski definition) is 2. The van der Waals surface area contributed by atoms with Crippen molar-refractivity contribution < 1.29 is 23.9 Å². The Bertz CT molecular complexity index is 945. The summed E-state index contributed by atoms with van der Waals surface area (Å²) in [5, 5.41) is 16.1. The predicted octanol–water partition coefficient (Wildman–Crippen LogP) is 1.83. The van der Waals surface area contributed by atoms with Crippen LogP contribution in [-0.2, 0) is 6.54 Å². The van der Waals surface area contributed by atoms with Gasteiger partial charge in [-0.25, -0.2) is 0 Å². The molecule has 3 rings (SSSR count). The summed E-state index contributed by atoms with van der Waals surface area (Å²) in [7, 11) is 0. The number of furan rings is 1. The molecule has 0 spiro atoms. The summed E-state index contributed by atoms with van der Waals surface area (Å²) < 4.78 is 5.01. The molecule has 7 nitrogen and oxygen atoms in total. The molecule has 7 heteroatoms. The highest BCUT2D eigenvalue weighted by Gasteiger charge is 2.10. The van der Waals surface area contributed by atoms with Gasteiger partial charge in [-0.15, -0.1) is 0 Å². The molecule has 0 aliphatic carbocycles. The molecule has 0 bridgehead atoms. The van der Waals surface area contributed by atoms with Gasteiger partial charge in [-0.05, 0) is 47.5 Å². The number of rotatable bonds is 6. The summed E-state index contributed by atoms with van der Waals surface area (Å²) in [6.07, 6.45) is 1.41. The fourth-order valence-corrected chi connectivity index (χ4v) is 2.35. The molecule has 0 aliphatic heterocycles. The van der Waals surface area contributed by atoms with E-state index in [1.54, 1.807) is 48.5 Å². The summed E-state index contributed by atoms with van der Waals surface area (Å²) in [6, 6.07) is 15.6. The topological polar surface area (TPSA) is 111 Å². The molecule has 0 atom stereocenters. The van der Waals surface area contributed by atoms with E-state index in [0.717, 1.165) is 5.56 Å². The second kappa shape index (κ2) is 8.01. The zero-order chi connectivity index (χ0) is 19.2. The van der Waals surface area contributed by atoms with Crippen molar-refractivity contribution in [1.82, 2.24) is 5.32 Å². The van der Waals surface area contributed by atoms with Gasteiger partial charge in [0.05, 0.1) is 12.2 Å². The maximum absolute atomic E-state index is 12.2. The van der Waals surface area contributed by atoms with Crippen molar-refractivity contribution in [1.29, 1.82) is 0 Å². The number of carboxylic acid groups (broad SMARTS) is 1. The Balaban J connectivity index is 1.55. The number of aromatic carboxylic acids is 1. The third-order valence-corrected chi connectivity index (χ3v) is 3.79. The van der Waals surface area contributed by atoms with E-state index in [4.69, 9.17) is 4.42 Å². The van der Waals surface area contributed by atoms with Gasteiger partial charge < -0.3 is 25.0 Å². The number of carboxylic acids is 1. The number of hydrogen-bond acceptors (Lipinski definition) is 5. The molecule has 136 valence electrons. The molecule has 2 N–H and O–H groups in total. The number of carbonyl (C=O) groups excluding carboxylic acids is 3. The molecule has 1 aromatic heterocycles. The summed E-state index contributed by atoms with van der Waals surface area (Å²) in [5.41, 5.74) is 1.80. The van der Waals surface area contributed by atoms with Crippen molar-refractivity contribution in [2.75, 3.05) is 5.32 Å². The van der Waals surface area contributed by atoms with Crippen LogP contribution in [0.15, 0.2) is 71.3 Å². The minimum atomic E-state index is -1.25. The van der Waals surface area contributed by atoms with E-state index in [1.807, 2.05) is 0 Å². The highest BCUT2D eigenvalue weighted by atomic mass is 16.4. The number of nitrogens with one attached hydrogen (secondary N) is 2. The number of anilines is 1. The number of benzene rings is 2. The Morgan fingerprint density at radius 1 is 0.852 bits per heavy atom. The molecule has 0 aliphatic rings. The smallest absolute Gasteiger partial charge is 0.291 e. The Hall–Kier alpha value is -3.87. The molecule has 0 fully saturated rings. The fraction of sp³-hybridized carbons (Fsp3) is 0.0500. The molecule has 0 saturated heterocycles. The zero-order valence-electron chi connectivity index (χ0n) is 14.1. The molecule has 27 heavy (non-hydrogen) atoms. The summed E-state index contributed by atoms with van der Waals surface area (Å²) in [4.78, 5) is 34.8. The SMILES string of the molecule is O=C([O-])c1ccc(CNC(=O)c2ccc(NC(=O)c3ccco3)cc2)cc1. The van der Waals surface area contributed by atoms with Crippen molar-refractivity contribution in [3.8, 4) is 0 Å². The molecule has 2 amide bonds. The summed E-state index contributed by atoms with van der Waals surface area (Å²) in [6.45, 7) is 0.253. The van der Waals surface area contributed by atoms with Gasteiger partial charge in [0.25, 0.3) is 11.8 Å². The number of carbonyl (C=O) groups is 3. The maximum Gasteiger partial charge on any atom is 0.291 e. The van der Waals surface area contributed by atoms with Crippen LogP contribution in [0.1, 0.15) is 36.8 Å². The van der Waals surface area contributed by atoms with Crippen LogP contribution in [0.4, 0.5) is 5.69 Å². The first-order valence-corrected chi connectivity index (χ1v) is 8.06. The van der Waals surface area contributed by atoms with Crippen LogP contribution in [0.2, 0.25) is 0 Å². The van der Waals surface area contributed by atoms with E-state index in [1.165, 1.54) is 18.4 Å². The van der Waals surface area contributed by atoms with Crippen molar-refractivity contribution in [2.45, 2.75) is 6.54 Å². The Morgan fingerprint density at radius 2 is 1.52 bits per heavy atom. The van der Waals surface area contributed by atoms with E-state index in [0.29, 0.717) is 11.3 Å². The van der Waals surface area contributed by atoms with Gasteiger partial charge in [-0.3, -0.25) is 9.59 Å². The van der Waals surface area contributed by atoms with Gasteiger partial charge in [-0.1, -0.05) is 24.3 Å². The average molecular weight is 363 g/mol. The van der Waals surface area contributed by atoms with E-state index in [2.05, 4.69) is 10.6 Å². The van der Waals surface area contributed by atoms with Gasteiger partial charge in [0, 0.05) is 17.8 Å². The second-order valence-electron chi connectivity index (χ2n) is 5.68. The van der Waals surface area contributed by atoms with Crippen LogP contribution in [0.25, 0.3) is 0 Å². The maximum atomic E-state index is 12.2. The molecule has 2 aromatic carbocycles. The first-order chi connectivity index (χ1) is 13.0. The molecular formula is C20H15N2O5-. The Kier molecular flexibility index (Phi) is 5.32. The van der Waals surface area contributed by atoms with Crippen LogP contribution in [-0.4, -0.2) is 17.8 Å². The van der Waals surface area contributed by atoms with Crippen LogP contribution >= 0.6 is 0 Å². The second-order valence-corrected chi connectivity index (χ2v) is 5.68. The van der Waals surface area contributed by atoms with E-state index in [-0.39, 0.29) is 29.7 Å². The average Bonchev–Trinajstić information content (AvgIpc) is 3.22. The predicted molar refractivity (Wildman–Crippen MR) is 95.0 cm³/mol. The fourth-order valence-electron chi connectivity index (χ4n) is 2.35. The quantitative estimate of drug-likeness (QED) is 0.694. The monoisotopic (exact) mass is 363 g/mol. The first-order valence-electron chi connectivity index (χ1n) is 8.06. The van der Waals surface area contributed by atoms with Crippen molar-refractivity contribution in [3.63, 3.8) is 0 Å². The van der Waals surface area contributed by atoms with Gasteiger partial charge in [0.15, 0.2) is 5.76 Å². The standard InChI is InChI=1S/C20H16N2O5/c23-18(21-12-13-3-5-15(6-4-13)20(25)26)14-7-9-16(10-8-14)22-19(24)17-2-1-11-27-17/h1-11H,12H2,(H,21,23)(H,22,24)(H,25,26)/p-1. The molecule has 0 saturated carbocycles. The zero-order valence-corrected chi connectivity index (χ0v) is 14.1. The lowest BCUT2D eigenvalue weighted by atomic mass is 10.1. The number of amides is 2. The summed E-state index contributed by atoms with van der Waals surface area (Å²) in [5.74, 6) is -1.72. The highest BCUT2D eigenvalue weighted by Crippen LogP contribution is 2.12. The Morgan fingerprint density at radius 3 is 2.11 bits per heavy atom. The lowest BCUT2D eigenvalue weighted by Gasteiger charge is -2.08. The van der Waals surface area contributed by atoms with Crippen molar-refractivity contribution >= 4 is 23.5 Å². The highest BCUT2D eigenvalue weighted by molar-refractivity contribution is 6.02. The van der Waals surface area contributed by atoms with Crippen LogP contribution in [0.5, 0.6) is 0 Å². The van der Waals surface area contributed by atoms with E-state index < -0.39 is 5.97 Å². The summed E-state index contributed by atoms with van der Waals surface area (Å²) >= 11 is 0. The lowest BCUT2D eigenvalue weighted by Crippen LogP contribution is -2.23. The van der Waals surface area contributed by atoms with Crippen LogP contribution in [0, 0.1) is 0 Å². The Labute approximate surface area is 154 Å².